The van der Waals surface area contributed by atoms with Crippen molar-refractivity contribution in [3.8, 4) is 0 Å². The van der Waals surface area contributed by atoms with Crippen LogP contribution in [-0.4, -0.2) is 36.5 Å². The fraction of sp³-hybridized carbons (Fsp3) is 1.00. The van der Waals surface area contributed by atoms with Gasteiger partial charge in [-0.3, -0.25) is 0 Å². The van der Waals surface area contributed by atoms with E-state index >= 15 is 0 Å². The number of hydrogen-bond acceptors (Lipinski definition) is 3. The summed E-state index contributed by atoms with van der Waals surface area (Å²) in [5, 5.41) is 13.1. The van der Waals surface area contributed by atoms with Crippen molar-refractivity contribution < 1.29 is 9.84 Å². The molecular weight excluding hydrogens is 214 g/mol. The van der Waals surface area contributed by atoms with Crippen LogP contribution in [0.5, 0.6) is 0 Å². The standard InChI is InChI=1S/C14H29NO2/c1-14(2,3)17-11-13(16)10-15-9-12-7-5-4-6-8-12/h12-13,15-16H,4-11H2,1-3H3. The van der Waals surface area contributed by atoms with Crippen LogP contribution in [0.2, 0.25) is 0 Å². The van der Waals surface area contributed by atoms with Crippen LogP contribution in [0.3, 0.4) is 0 Å². The van der Waals surface area contributed by atoms with Gasteiger partial charge < -0.3 is 15.2 Å². The number of rotatable bonds is 6. The highest BCUT2D eigenvalue weighted by Crippen LogP contribution is 2.22. The molecule has 1 aliphatic rings. The molecule has 102 valence electrons. The topological polar surface area (TPSA) is 41.5 Å². The largest absolute Gasteiger partial charge is 0.389 e. The SMILES string of the molecule is CC(C)(C)OCC(O)CNCC1CCCCC1. The third kappa shape index (κ3) is 7.74. The van der Waals surface area contributed by atoms with Crippen LogP contribution in [0.15, 0.2) is 0 Å². The molecule has 2 N–H and O–H groups in total. The highest BCUT2D eigenvalue weighted by molar-refractivity contribution is 4.70. The molecule has 0 bridgehead atoms. The maximum absolute atomic E-state index is 9.75. The molecule has 0 aromatic heterocycles. The smallest absolute Gasteiger partial charge is 0.0897 e. The highest BCUT2D eigenvalue weighted by Gasteiger charge is 2.15. The molecule has 0 aromatic carbocycles. The molecule has 0 radical (unpaired) electrons. The minimum absolute atomic E-state index is 0.162. The van der Waals surface area contributed by atoms with Gasteiger partial charge in [-0.1, -0.05) is 19.3 Å². The van der Waals surface area contributed by atoms with Crippen molar-refractivity contribution in [2.24, 2.45) is 5.92 Å². The average Bonchev–Trinajstić information content (AvgIpc) is 2.27. The molecule has 1 fully saturated rings. The summed E-state index contributed by atoms with van der Waals surface area (Å²) in [6.07, 6.45) is 6.46. The van der Waals surface area contributed by atoms with E-state index in [1.54, 1.807) is 0 Å². The van der Waals surface area contributed by atoms with Crippen LogP contribution in [0, 0.1) is 5.92 Å². The third-order valence-electron chi connectivity index (χ3n) is 3.25. The van der Waals surface area contributed by atoms with Gasteiger partial charge in [0.25, 0.3) is 0 Å². The maximum Gasteiger partial charge on any atom is 0.0897 e. The highest BCUT2D eigenvalue weighted by atomic mass is 16.5. The number of aliphatic hydroxyl groups excluding tert-OH is 1. The van der Waals surface area contributed by atoms with Crippen LogP contribution in [0.4, 0.5) is 0 Å². The van der Waals surface area contributed by atoms with Crippen molar-refractivity contribution in [2.75, 3.05) is 19.7 Å². The second kappa shape index (κ2) is 7.34. The summed E-state index contributed by atoms with van der Waals surface area (Å²) >= 11 is 0. The minimum atomic E-state index is -0.391. The van der Waals surface area contributed by atoms with Crippen molar-refractivity contribution in [2.45, 2.75) is 64.6 Å². The first-order valence-electron chi connectivity index (χ1n) is 7.00. The van der Waals surface area contributed by atoms with E-state index in [1.807, 2.05) is 20.8 Å². The predicted molar refractivity (Wildman–Crippen MR) is 71.2 cm³/mol. The fourth-order valence-electron chi connectivity index (χ4n) is 2.25. The Morgan fingerprint density at radius 2 is 1.88 bits per heavy atom. The molecular formula is C14H29NO2. The molecule has 1 rings (SSSR count). The third-order valence-corrected chi connectivity index (χ3v) is 3.25. The van der Waals surface area contributed by atoms with Crippen molar-refractivity contribution >= 4 is 0 Å². The number of nitrogens with one attached hydrogen (secondary N) is 1. The molecule has 0 amide bonds. The molecule has 0 aromatic rings. The Morgan fingerprint density at radius 1 is 1.24 bits per heavy atom. The zero-order valence-corrected chi connectivity index (χ0v) is 11.7. The predicted octanol–water partition coefficient (Wildman–Crippen LogP) is 2.33. The van der Waals surface area contributed by atoms with Gasteiger partial charge >= 0.3 is 0 Å². The van der Waals surface area contributed by atoms with E-state index < -0.39 is 6.10 Å². The molecule has 17 heavy (non-hydrogen) atoms. The molecule has 3 heteroatoms. The van der Waals surface area contributed by atoms with E-state index in [9.17, 15) is 5.11 Å². The Hall–Kier alpha value is -0.120. The lowest BCUT2D eigenvalue weighted by atomic mass is 9.89. The van der Waals surface area contributed by atoms with Gasteiger partial charge in [-0.05, 0) is 46.1 Å². The van der Waals surface area contributed by atoms with Crippen LogP contribution in [0.1, 0.15) is 52.9 Å². The first kappa shape index (κ1) is 14.9. The van der Waals surface area contributed by atoms with Gasteiger partial charge in [0, 0.05) is 6.54 Å². The number of ether oxygens (including phenoxy) is 1. The zero-order valence-electron chi connectivity index (χ0n) is 11.7. The van der Waals surface area contributed by atoms with Gasteiger partial charge in [-0.15, -0.1) is 0 Å². The first-order chi connectivity index (χ1) is 7.97. The molecule has 3 nitrogen and oxygen atoms in total. The Kier molecular flexibility index (Phi) is 6.45. The van der Waals surface area contributed by atoms with Gasteiger partial charge in [-0.2, -0.15) is 0 Å². The van der Waals surface area contributed by atoms with E-state index in [0.717, 1.165) is 12.5 Å². The van der Waals surface area contributed by atoms with Crippen molar-refractivity contribution in [1.29, 1.82) is 0 Å². The molecule has 1 saturated carbocycles. The quantitative estimate of drug-likeness (QED) is 0.752. The molecule has 1 unspecified atom stereocenters. The Labute approximate surface area is 106 Å². The van der Waals surface area contributed by atoms with Gasteiger partial charge in [0.1, 0.15) is 0 Å². The van der Waals surface area contributed by atoms with Crippen LogP contribution in [0.25, 0.3) is 0 Å². The Bertz CT molecular complexity index is 195. The van der Waals surface area contributed by atoms with E-state index in [2.05, 4.69) is 5.32 Å². The summed E-state index contributed by atoms with van der Waals surface area (Å²) in [4.78, 5) is 0. The molecule has 0 heterocycles. The van der Waals surface area contributed by atoms with Crippen molar-refractivity contribution in [3.05, 3.63) is 0 Å². The summed E-state index contributed by atoms with van der Waals surface area (Å²) < 4.78 is 5.54. The number of hydrogen-bond donors (Lipinski definition) is 2. The second-order valence-corrected chi connectivity index (χ2v) is 6.24. The van der Waals surface area contributed by atoms with Crippen molar-refractivity contribution in [1.82, 2.24) is 5.32 Å². The van der Waals surface area contributed by atoms with Crippen LogP contribution < -0.4 is 5.32 Å². The summed E-state index contributed by atoms with van der Waals surface area (Å²) in [7, 11) is 0. The van der Waals surface area contributed by atoms with Crippen LogP contribution >= 0.6 is 0 Å². The summed E-state index contributed by atoms with van der Waals surface area (Å²) in [6.45, 7) is 8.14. The van der Waals surface area contributed by atoms with E-state index in [0.29, 0.717) is 13.2 Å². The maximum atomic E-state index is 9.75. The lowest BCUT2D eigenvalue weighted by molar-refractivity contribution is -0.0480. The Balaban J connectivity index is 2.01. The fourth-order valence-corrected chi connectivity index (χ4v) is 2.25. The molecule has 0 saturated heterocycles. The number of aliphatic hydroxyl groups is 1. The van der Waals surface area contributed by atoms with Gasteiger partial charge in [-0.25, -0.2) is 0 Å². The zero-order chi connectivity index (χ0) is 12.7. The summed E-state index contributed by atoms with van der Waals surface area (Å²) in [6, 6.07) is 0. The van der Waals surface area contributed by atoms with Gasteiger partial charge in [0.2, 0.25) is 0 Å². The molecule has 1 aliphatic carbocycles. The summed E-state index contributed by atoms with van der Waals surface area (Å²) in [5.41, 5.74) is -0.162. The lowest BCUT2D eigenvalue weighted by Crippen LogP contribution is -2.36. The second-order valence-electron chi connectivity index (χ2n) is 6.24. The minimum Gasteiger partial charge on any atom is -0.389 e. The van der Waals surface area contributed by atoms with E-state index in [1.165, 1.54) is 32.1 Å². The Morgan fingerprint density at radius 3 is 2.47 bits per heavy atom. The molecule has 0 spiro atoms. The normalized spacial score (nSPS) is 20.5. The van der Waals surface area contributed by atoms with E-state index in [4.69, 9.17) is 4.74 Å². The first-order valence-corrected chi connectivity index (χ1v) is 7.00. The van der Waals surface area contributed by atoms with Crippen molar-refractivity contribution in [3.63, 3.8) is 0 Å². The van der Waals surface area contributed by atoms with E-state index in [-0.39, 0.29) is 5.60 Å². The van der Waals surface area contributed by atoms with Gasteiger partial charge in [0.05, 0.1) is 18.3 Å². The van der Waals surface area contributed by atoms with Gasteiger partial charge in [0.15, 0.2) is 0 Å². The lowest BCUT2D eigenvalue weighted by Gasteiger charge is -2.24. The summed E-state index contributed by atoms with van der Waals surface area (Å²) in [5.74, 6) is 0.819. The monoisotopic (exact) mass is 243 g/mol. The molecule has 0 aliphatic heterocycles. The average molecular weight is 243 g/mol. The van der Waals surface area contributed by atoms with Crippen LogP contribution in [-0.2, 0) is 4.74 Å². The molecule has 1 atom stereocenters.